The Morgan fingerprint density at radius 2 is 2.05 bits per heavy atom. The van der Waals surface area contributed by atoms with Gasteiger partial charge >= 0.3 is 0 Å². The van der Waals surface area contributed by atoms with Gasteiger partial charge in [-0.2, -0.15) is 5.10 Å². The molecule has 3 N–H and O–H groups in total. The van der Waals surface area contributed by atoms with E-state index in [2.05, 4.69) is 10.2 Å². The number of H-pyrrole nitrogens is 1. The number of ether oxygens (including phenoxy) is 1. The molecule has 0 bridgehead atoms. The molecule has 0 aliphatic heterocycles. The molecule has 21 heavy (non-hydrogen) atoms. The lowest BCUT2D eigenvalue weighted by Crippen LogP contribution is -2.27. The number of hydrogen-bond acceptors (Lipinski definition) is 4. The van der Waals surface area contributed by atoms with E-state index in [4.69, 9.17) is 10.5 Å². The average Bonchev–Trinajstić information content (AvgIpc) is 2.80. The van der Waals surface area contributed by atoms with Gasteiger partial charge in [0.15, 0.2) is 5.69 Å². The van der Waals surface area contributed by atoms with Gasteiger partial charge in [-0.3, -0.25) is 9.89 Å². The number of benzene rings is 1. The monoisotopic (exact) mass is 288 g/mol. The number of carbonyl (C=O) groups is 1. The number of rotatable bonds is 5. The third-order valence-corrected chi connectivity index (χ3v) is 3.20. The summed E-state index contributed by atoms with van der Waals surface area (Å²) in [5, 5.41) is 6.67. The Morgan fingerprint density at radius 3 is 2.57 bits per heavy atom. The fraction of sp³-hybridized carbons (Fsp3) is 0.333. The first-order chi connectivity index (χ1) is 10.0. The highest BCUT2D eigenvalue weighted by molar-refractivity contribution is 5.97. The van der Waals surface area contributed by atoms with Crippen molar-refractivity contribution < 1.29 is 9.53 Å². The fourth-order valence-electron chi connectivity index (χ4n) is 1.99. The highest BCUT2D eigenvalue weighted by atomic mass is 16.5. The van der Waals surface area contributed by atoms with Crippen molar-refractivity contribution in [2.45, 2.75) is 20.4 Å². The van der Waals surface area contributed by atoms with Crippen LogP contribution in [0, 0.1) is 6.92 Å². The molecule has 0 unspecified atom stereocenters. The zero-order valence-electron chi connectivity index (χ0n) is 12.5. The Balaban J connectivity index is 2.05. The molecule has 1 aromatic heterocycles. The quantitative estimate of drug-likeness (QED) is 0.881. The molecule has 6 heteroatoms. The predicted molar refractivity (Wildman–Crippen MR) is 81.1 cm³/mol. The Bertz CT molecular complexity index is 619. The van der Waals surface area contributed by atoms with E-state index < -0.39 is 0 Å². The molecule has 0 atom stereocenters. The van der Waals surface area contributed by atoms with Gasteiger partial charge < -0.3 is 15.4 Å². The van der Waals surface area contributed by atoms with Gasteiger partial charge in [-0.25, -0.2) is 0 Å². The van der Waals surface area contributed by atoms with E-state index >= 15 is 0 Å². The summed E-state index contributed by atoms with van der Waals surface area (Å²) in [5.74, 6) is 0.619. The third kappa shape index (κ3) is 3.34. The summed E-state index contributed by atoms with van der Waals surface area (Å²) in [6.07, 6.45) is 0. The van der Waals surface area contributed by atoms with Crippen molar-refractivity contribution >= 4 is 11.6 Å². The summed E-state index contributed by atoms with van der Waals surface area (Å²) < 4.78 is 5.39. The van der Waals surface area contributed by atoms with Gasteiger partial charge in [0.25, 0.3) is 5.91 Å². The molecule has 0 saturated carbocycles. The molecule has 112 valence electrons. The van der Waals surface area contributed by atoms with Gasteiger partial charge in [-0.15, -0.1) is 0 Å². The molecule has 6 nitrogen and oxygen atoms in total. The van der Waals surface area contributed by atoms with Crippen LogP contribution in [0.1, 0.15) is 28.7 Å². The van der Waals surface area contributed by atoms with Crippen LogP contribution in [0.25, 0.3) is 0 Å². The van der Waals surface area contributed by atoms with Crippen LogP contribution in [0.3, 0.4) is 0 Å². The Kier molecular flexibility index (Phi) is 4.47. The minimum Gasteiger partial charge on any atom is -0.494 e. The summed E-state index contributed by atoms with van der Waals surface area (Å²) in [6.45, 7) is 4.84. The van der Waals surface area contributed by atoms with Crippen LogP contribution in [0.4, 0.5) is 5.69 Å². The van der Waals surface area contributed by atoms with E-state index in [1.807, 2.05) is 31.2 Å². The molecule has 1 aromatic carbocycles. The predicted octanol–water partition coefficient (Wildman–Crippen LogP) is 1.97. The van der Waals surface area contributed by atoms with Crippen molar-refractivity contribution in [1.29, 1.82) is 0 Å². The number of nitrogen functional groups attached to an aromatic ring is 1. The van der Waals surface area contributed by atoms with Crippen molar-refractivity contribution in [2.75, 3.05) is 19.4 Å². The number of aryl methyl sites for hydroxylation is 1. The molecular weight excluding hydrogens is 268 g/mol. The summed E-state index contributed by atoms with van der Waals surface area (Å²) in [6, 6.07) is 7.66. The molecule has 0 aliphatic carbocycles. The molecule has 2 rings (SSSR count). The van der Waals surface area contributed by atoms with Gasteiger partial charge in [-0.1, -0.05) is 12.1 Å². The van der Waals surface area contributed by atoms with E-state index in [1.54, 1.807) is 18.9 Å². The van der Waals surface area contributed by atoms with Crippen LogP contribution in [0.5, 0.6) is 5.75 Å². The molecule has 1 heterocycles. The topological polar surface area (TPSA) is 84.2 Å². The van der Waals surface area contributed by atoms with Crippen molar-refractivity contribution in [2.24, 2.45) is 0 Å². The van der Waals surface area contributed by atoms with Gasteiger partial charge in [0.2, 0.25) is 0 Å². The maximum absolute atomic E-state index is 12.3. The molecular formula is C15H20N4O2. The molecule has 0 fully saturated rings. The summed E-state index contributed by atoms with van der Waals surface area (Å²) >= 11 is 0. The summed E-state index contributed by atoms with van der Waals surface area (Å²) in [7, 11) is 1.72. The maximum atomic E-state index is 12.3. The Labute approximate surface area is 123 Å². The normalized spacial score (nSPS) is 10.4. The number of nitrogens with zero attached hydrogens (tertiary/aromatic N) is 2. The van der Waals surface area contributed by atoms with E-state index in [-0.39, 0.29) is 11.6 Å². The summed E-state index contributed by atoms with van der Waals surface area (Å²) in [5.41, 5.74) is 8.21. The first-order valence-corrected chi connectivity index (χ1v) is 6.80. The molecule has 0 radical (unpaired) electrons. The minimum absolute atomic E-state index is 0.203. The number of nitrogens with one attached hydrogen (secondary N) is 1. The van der Waals surface area contributed by atoms with Crippen LogP contribution in [-0.4, -0.2) is 34.7 Å². The first-order valence-electron chi connectivity index (χ1n) is 6.80. The number of amides is 1. The van der Waals surface area contributed by atoms with Gasteiger partial charge in [-0.05, 0) is 31.5 Å². The Hall–Kier alpha value is -2.50. The number of nitrogens with two attached hydrogens (primary N) is 1. The third-order valence-electron chi connectivity index (χ3n) is 3.20. The van der Waals surface area contributed by atoms with Crippen LogP contribution in [0.15, 0.2) is 24.3 Å². The SMILES string of the molecule is CCOc1ccc(CN(C)C(=O)c2n[nH]c(C)c2N)cc1. The molecule has 2 aromatic rings. The van der Waals surface area contributed by atoms with Crippen molar-refractivity contribution in [3.05, 3.63) is 41.2 Å². The highest BCUT2D eigenvalue weighted by Gasteiger charge is 2.19. The first kappa shape index (κ1) is 14.9. The lowest BCUT2D eigenvalue weighted by Gasteiger charge is -2.16. The average molecular weight is 288 g/mol. The second-order valence-electron chi connectivity index (χ2n) is 4.85. The number of hydrogen-bond donors (Lipinski definition) is 2. The number of aromatic amines is 1. The molecule has 1 amide bonds. The van der Waals surface area contributed by atoms with Crippen LogP contribution in [-0.2, 0) is 6.54 Å². The largest absolute Gasteiger partial charge is 0.494 e. The van der Waals surface area contributed by atoms with E-state index in [1.165, 1.54) is 0 Å². The minimum atomic E-state index is -0.203. The number of anilines is 1. The zero-order chi connectivity index (χ0) is 15.4. The summed E-state index contributed by atoms with van der Waals surface area (Å²) in [4.78, 5) is 13.9. The van der Waals surface area contributed by atoms with E-state index in [0.29, 0.717) is 24.5 Å². The molecule has 0 spiro atoms. The van der Waals surface area contributed by atoms with Crippen LogP contribution < -0.4 is 10.5 Å². The highest BCUT2D eigenvalue weighted by Crippen LogP contribution is 2.17. The molecule has 0 saturated heterocycles. The standard InChI is InChI=1S/C15H20N4O2/c1-4-21-12-7-5-11(6-8-12)9-19(3)15(20)14-13(16)10(2)17-18-14/h5-8H,4,9,16H2,1-3H3,(H,17,18). The van der Waals surface area contributed by atoms with Crippen LogP contribution >= 0.6 is 0 Å². The van der Waals surface area contributed by atoms with Crippen molar-refractivity contribution in [3.8, 4) is 5.75 Å². The second-order valence-corrected chi connectivity index (χ2v) is 4.85. The number of aromatic nitrogens is 2. The van der Waals surface area contributed by atoms with Crippen LogP contribution in [0.2, 0.25) is 0 Å². The van der Waals surface area contributed by atoms with E-state index in [9.17, 15) is 4.79 Å². The van der Waals surface area contributed by atoms with Gasteiger partial charge in [0, 0.05) is 13.6 Å². The fourth-order valence-corrected chi connectivity index (χ4v) is 1.99. The Morgan fingerprint density at radius 1 is 1.38 bits per heavy atom. The number of carbonyl (C=O) groups excluding carboxylic acids is 1. The van der Waals surface area contributed by atoms with E-state index in [0.717, 1.165) is 11.3 Å². The maximum Gasteiger partial charge on any atom is 0.276 e. The van der Waals surface area contributed by atoms with Gasteiger partial charge in [0.05, 0.1) is 18.0 Å². The second kappa shape index (κ2) is 6.30. The van der Waals surface area contributed by atoms with Crippen molar-refractivity contribution in [3.63, 3.8) is 0 Å². The smallest absolute Gasteiger partial charge is 0.276 e. The lowest BCUT2D eigenvalue weighted by atomic mass is 10.2. The van der Waals surface area contributed by atoms with Crippen molar-refractivity contribution in [1.82, 2.24) is 15.1 Å². The molecule has 0 aliphatic rings. The van der Waals surface area contributed by atoms with Gasteiger partial charge in [0.1, 0.15) is 5.75 Å². The lowest BCUT2D eigenvalue weighted by molar-refractivity contribution is 0.0780. The zero-order valence-corrected chi connectivity index (χ0v) is 12.5.